The van der Waals surface area contributed by atoms with Gasteiger partial charge in [-0.25, -0.2) is 4.79 Å². The molecule has 0 atom stereocenters. The summed E-state index contributed by atoms with van der Waals surface area (Å²) in [5.41, 5.74) is -0.971. The molecule has 0 bridgehead atoms. The van der Waals surface area contributed by atoms with Crippen molar-refractivity contribution >= 4 is 11.9 Å². The van der Waals surface area contributed by atoms with Crippen molar-refractivity contribution in [1.29, 1.82) is 0 Å². The van der Waals surface area contributed by atoms with E-state index in [0.29, 0.717) is 6.61 Å². The topological polar surface area (TPSA) is 67.4 Å². The van der Waals surface area contributed by atoms with Crippen molar-refractivity contribution in [3.05, 3.63) is 0 Å². The number of hydrogen-bond donors (Lipinski definition) is 2. The summed E-state index contributed by atoms with van der Waals surface area (Å²) in [6.45, 7) is 5.88. The van der Waals surface area contributed by atoms with E-state index in [0.717, 1.165) is 12.8 Å². The quantitative estimate of drug-likeness (QED) is 0.492. The van der Waals surface area contributed by atoms with Gasteiger partial charge in [-0.2, -0.15) is 0 Å². The van der Waals surface area contributed by atoms with E-state index in [1.807, 2.05) is 6.92 Å². The van der Waals surface area contributed by atoms with Gasteiger partial charge in [0.05, 0.1) is 13.2 Å². The van der Waals surface area contributed by atoms with Crippen LogP contribution in [0.1, 0.15) is 33.6 Å². The molecule has 0 fully saturated rings. The molecular weight excluding hydrogens is 208 g/mol. The molecule has 94 valence electrons. The van der Waals surface area contributed by atoms with Gasteiger partial charge in [0.15, 0.2) is 0 Å². The van der Waals surface area contributed by atoms with Gasteiger partial charge in [-0.05, 0) is 27.3 Å². The Labute approximate surface area is 96.9 Å². The molecule has 0 heterocycles. The third-order valence-electron chi connectivity index (χ3n) is 2.03. The summed E-state index contributed by atoms with van der Waals surface area (Å²) < 4.78 is 5.05. The zero-order chi connectivity index (χ0) is 12.6. The Balaban J connectivity index is 4.09. The van der Waals surface area contributed by atoms with Gasteiger partial charge in [0.25, 0.3) is 0 Å². The number of carbonyl (C=O) groups excluding carboxylic acids is 2. The maximum absolute atomic E-state index is 11.6. The SMILES string of the molecule is CCCCOC(=O)C(C)(C)NC(=O)CNC. The fourth-order valence-electron chi connectivity index (χ4n) is 1.09. The monoisotopic (exact) mass is 230 g/mol. The van der Waals surface area contributed by atoms with Crippen LogP contribution in [0.5, 0.6) is 0 Å². The number of nitrogens with one attached hydrogen (secondary N) is 2. The Hall–Kier alpha value is -1.10. The molecule has 0 aliphatic heterocycles. The lowest BCUT2D eigenvalue weighted by Crippen LogP contribution is -2.52. The lowest BCUT2D eigenvalue weighted by atomic mass is 10.1. The highest BCUT2D eigenvalue weighted by Gasteiger charge is 2.30. The predicted molar refractivity (Wildman–Crippen MR) is 62.0 cm³/mol. The Kier molecular flexibility index (Phi) is 6.72. The molecule has 0 aliphatic rings. The zero-order valence-corrected chi connectivity index (χ0v) is 10.6. The van der Waals surface area contributed by atoms with Crippen molar-refractivity contribution in [2.24, 2.45) is 0 Å². The van der Waals surface area contributed by atoms with E-state index in [4.69, 9.17) is 4.74 Å². The van der Waals surface area contributed by atoms with Crippen LogP contribution in [0.15, 0.2) is 0 Å². The molecule has 16 heavy (non-hydrogen) atoms. The molecule has 2 N–H and O–H groups in total. The lowest BCUT2D eigenvalue weighted by Gasteiger charge is -2.24. The second-order valence-corrected chi connectivity index (χ2v) is 4.19. The Morgan fingerprint density at radius 2 is 1.94 bits per heavy atom. The highest BCUT2D eigenvalue weighted by molar-refractivity contribution is 5.88. The van der Waals surface area contributed by atoms with Crippen LogP contribution in [0.2, 0.25) is 0 Å². The van der Waals surface area contributed by atoms with E-state index >= 15 is 0 Å². The van der Waals surface area contributed by atoms with E-state index < -0.39 is 11.5 Å². The molecule has 0 unspecified atom stereocenters. The molecule has 0 rings (SSSR count). The molecule has 0 aromatic rings. The minimum absolute atomic E-state index is 0.186. The van der Waals surface area contributed by atoms with E-state index in [1.54, 1.807) is 20.9 Å². The van der Waals surface area contributed by atoms with E-state index in [9.17, 15) is 9.59 Å². The van der Waals surface area contributed by atoms with Gasteiger partial charge in [-0.15, -0.1) is 0 Å². The first kappa shape index (κ1) is 14.9. The molecule has 0 aromatic carbocycles. The summed E-state index contributed by atoms with van der Waals surface area (Å²) >= 11 is 0. The molecule has 5 heteroatoms. The second-order valence-electron chi connectivity index (χ2n) is 4.19. The summed E-state index contributed by atoms with van der Waals surface area (Å²) in [6.07, 6.45) is 1.81. The van der Waals surface area contributed by atoms with Gasteiger partial charge in [-0.1, -0.05) is 13.3 Å². The molecular formula is C11H22N2O3. The predicted octanol–water partition coefficient (Wildman–Crippen LogP) is 0.444. The summed E-state index contributed by atoms with van der Waals surface area (Å²) in [4.78, 5) is 22.9. The third-order valence-corrected chi connectivity index (χ3v) is 2.03. The molecule has 0 saturated carbocycles. The van der Waals surface area contributed by atoms with E-state index in [2.05, 4.69) is 10.6 Å². The summed E-state index contributed by atoms with van der Waals surface area (Å²) in [5, 5.41) is 5.33. The fourth-order valence-corrected chi connectivity index (χ4v) is 1.09. The van der Waals surface area contributed by atoms with E-state index in [1.165, 1.54) is 0 Å². The average molecular weight is 230 g/mol. The van der Waals surface area contributed by atoms with E-state index in [-0.39, 0.29) is 12.5 Å². The first-order chi connectivity index (χ1) is 7.44. The number of rotatable bonds is 7. The van der Waals surface area contributed by atoms with Crippen molar-refractivity contribution < 1.29 is 14.3 Å². The third kappa shape index (κ3) is 5.70. The number of esters is 1. The van der Waals surface area contributed by atoms with Crippen molar-refractivity contribution in [3.8, 4) is 0 Å². The zero-order valence-electron chi connectivity index (χ0n) is 10.6. The first-order valence-corrected chi connectivity index (χ1v) is 5.57. The van der Waals surface area contributed by atoms with Gasteiger partial charge >= 0.3 is 5.97 Å². The number of unbranched alkanes of at least 4 members (excludes halogenated alkanes) is 1. The first-order valence-electron chi connectivity index (χ1n) is 5.57. The summed E-state index contributed by atoms with van der Waals surface area (Å²) in [7, 11) is 1.67. The van der Waals surface area contributed by atoms with Crippen LogP contribution >= 0.6 is 0 Å². The van der Waals surface area contributed by atoms with Crippen LogP contribution in [0.3, 0.4) is 0 Å². The standard InChI is InChI=1S/C11H22N2O3/c1-5-6-7-16-10(15)11(2,3)13-9(14)8-12-4/h12H,5-8H2,1-4H3,(H,13,14). The average Bonchev–Trinajstić information content (AvgIpc) is 2.17. The minimum atomic E-state index is -0.971. The van der Waals surface area contributed by atoms with Crippen LogP contribution < -0.4 is 10.6 Å². The Morgan fingerprint density at radius 3 is 2.44 bits per heavy atom. The minimum Gasteiger partial charge on any atom is -0.464 e. The van der Waals surface area contributed by atoms with Crippen molar-refractivity contribution in [2.75, 3.05) is 20.2 Å². The van der Waals surface area contributed by atoms with Gasteiger partial charge in [-0.3, -0.25) is 4.79 Å². The van der Waals surface area contributed by atoms with Crippen LogP contribution in [0.4, 0.5) is 0 Å². The fraction of sp³-hybridized carbons (Fsp3) is 0.818. The van der Waals surface area contributed by atoms with Crippen LogP contribution in [-0.2, 0) is 14.3 Å². The molecule has 0 saturated heterocycles. The van der Waals surface area contributed by atoms with Crippen molar-refractivity contribution in [3.63, 3.8) is 0 Å². The maximum Gasteiger partial charge on any atom is 0.331 e. The number of hydrogen-bond acceptors (Lipinski definition) is 4. The highest BCUT2D eigenvalue weighted by atomic mass is 16.5. The van der Waals surface area contributed by atoms with Crippen LogP contribution in [0.25, 0.3) is 0 Å². The number of amides is 1. The molecule has 0 spiro atoms. The molecule has 0 aliphatic carbocycles. The van der Waals surface area contributed by atoms with Gasteiger partial charge < -0.3 is 15.4 Å². The summed E-state index contributed by atoms with van der Waals surface area (Å²) in [6, 6.07) is 0. The second kappa shape index (κ2) is 7.22. The Bertz CT molecular complexity index is 239. The van der Waals surface area contributed by atoms with Crippen molar-refractivity contribution in [1.82, 2.24) is 10.6 Å². The molecule has 1 amide bonds. The lowest BCUT2D eigenvalue weighted by molar-refractivity contribution is -0.152. The van der Waals surface area contributed by atoms with Crippen molar-refractivity contribution in [2.45, 2.75) is 39.2 Å². The van der Waals surface area contributed by atoms with Gasteiger partial charge in [0.1, 0.15) is 5.54 Å². The largest absolute Gasteiger partial charge is 0.464 e. The number of likely N-dealkylation sites (N-methyl/N-ethyl adjacent to an activating group) is 1. The highest BCUT2D eigenvalue weighted by Crippen LogP contribution is 2.05. The molecule has 0 radical (unpaired) electrons. The molecule has 5 nitrogen and oxygen atoms in total. The number of carbonyl (C=O) groups is 2. The van der Waals surface area contributed by atoms with Gasteiger partial charge in [0, 0.05) is 0 Å². The van der Waals surface area contributed by atoms with Gasteiger partial charge in [0.2, 0.25) is 5.91 Å². The number of ether oxygens (including phenoxy) is 1. The summed E-state index contributed by atoms with van der Waals surface area (Å²) in [5.74, 6) is -0.620. The van der Waals surface area contributed by atoms with Crippen LogP contribution in [0, 0.1) is 0 Å². The normalized spacial score (nSPS) is 11.0. The van der Waals surface area contributed by atoms with Crippen LogP contribution in [-0.4, -0.2) is 37.6 Å². The molecule has 0 aromatic heterocycles. The maximum atomic E-state index is 11.6. The Morgan fingerprint density at radius 1 is 1.31 bits per heavy atom. The smallest absolute Gasteiger partial charge is 0.331 e.